The van der Waals surface area contributed by atoms with Crippen LogP contribution in [-0.2, 0) is 4.79 Å². The predicted molar refractivity (Wildman–Crippen MR) is 105 cm³/mol. The third-order valence-corrected chi connectivity index (χ3v) is 4.70. The van der Waals surface area contributed by atoms with E-state index in [0.717, 1.165) is 16.7 Å². The van der Waals surface area contributed by atoms with Crippen LogP contribution in [0.2, 0.25) is 0 Å². The highest BCUT2D eigenvalue weighted by molar-refractivity contribution is 5.88. The van der Waals surface area contributed by atoms with Gasteiger partial charge in [0.25, 0.3) is 0 Å². The van der Waals surface area contributed by atoms with Gasteiger partial charge in [-0.3, -0.25) is 9.69 Å². The fraction of sp³-hybridized carbons (Fsp3) is 0.333. The summed E-state index contributed by atoms with van der Waals surface area (Å²) >= 11 is 0. The Morgan fingerprint density at radius 2 is 1.70 bits per heavy atom. The zero-order chi connectivity index (χ0) is 20.1. The molecule has 1 N–H and O–H groups in total. The molecule has 0 aromatic heterocycles. The molecule has 0 aliphatic rings. The number of hydrogen-bond acceptors (Lipinski definition) is 4. The molecular formula is C21H26N2O4. The van der Waals surface area contributed by atoms with Crippen LogP contribution in [0.4, 0.5) is 0 Å². The number of carbonyl (C=O) groups is 2. The molecule has 2 aromatic rings. The summed E-state index contributed by atoms with van der Waals surface area (Å²) in [6.07, 6.45) is 0. The molecule has 1 unspecified atom stereocenters. The van der Waals surface area contributed by atoms with E-state index in [-0.39, 0.29) is 17.5 Å². The minimum Gasteiger partial charge on any atom is -0.496 e. The maximum Gasteiger partial charge on any atom is 0.335 e. The number of ether oxygens (including phenoxy) is 1. The van der Waals surface area contributed by atoms with Crippen molar-refractivity contribution in [1.82, 2.24) is 9.80 Å². The molecule has 6 heteroatoms. The number of likely N-dealkylation sites (N-methyl/N-ethyl adjacent to an activating group) is 2. The van der Waals surface area contributed by atoms with Gasteiger partial charge in [-0.2, -0.15) is 0 Å². The fourth-order valence-corrected chi connectivity index (χ4v) is 2.74. The van der Waals surface area contributed by atoms with Crippen molar-refractivity contribution in [3.05, 3.63) is 53.6 Å². The first-order chi connectivity index (χ1) is 12.7. The van der Waals surface area contributed by atoms with E-state index < -0.39 is 5.97 Å². The second-order valence-electron chi connectivity index (χ2n) is 6.72. The van der Waals surface area contributed by atoms with E-state index >= 15 is 0 Å². The Morgan fingerprint density at radius 1 is 1.07 bits per heavy atom. The minimum absolute atomic E-state index is 0.0336. The zero-order valence-corrected chi connectivity index (χ0v) is 16.4. The SMILES string of the molecule is COc1cc(C(C)N(C)CC(=O)N(C)C)ccc1-c1ccc(C(=O)O)cc1. The van der Waals surface area contributed by atoms with Crippen LogP contribution < -0.4 is 4.74 Å². The van der Waals surface area contributed by atoms with Crippen LogP contribution in [0.3, 0.4) is 0 Å². The number of hydrogen-bond donors (Lipinski definition) is 1. The second-order valence-corrected chi connectivity index (χ2v) is 6.72. The molecule has 1 atom stereocenters. The van der Waals surface area contributed by atoms with E-state index in [0.29, 0.717) is 12.3 Å². The van der Waals surface area contributed by atoms with Gasteiger partial charge in [0.05, 0.1) is 19.2 Å². The molecule has 27 heavy (non-hydrogen) atoms. The van der Waals surface area contributed by atoms with Crippen LogP contribution in [0.15, 0.2) is 42.5 Å². The van der Waals surface area contributed by atoms with E-state index in [1.165, 1.54) is 0 Å². The summed E-state index contributed by atoms with van der Waals surface area (Å²) < 4.78 is 5.56. The van der Waals surface area contributed by atoms with Gasteiger partial charge in [0.2, 0.25) is 5.91 Å². The molecule has 0 spiro atoms. The van der Waals surface area contributed by atoms with Crippen molar-refractivity contribution < 1.29 is 19.4 Å². The summed E-state index contributed by atoms with van der Waals surface area (Å²) in [5, 5.41) is 9.04. The first-order valence-electron chi connectivity index (χ1n) is 8.66. The molecule has 144 valence electrons. The Hall–Kier alpha value is -2.86. The first kappa shape index (κ1) is 20.5. The van der Waals surface area contributed by atoms with Crippen molar-refractivity contribution in [2.75, 3.05) is 34.8 Å². The zero-order valence-electron chi connectivity index (χ0n) is 16.4. The van der Waals surface area contributed by atoms with Crippen LogP contribution >= 0.6 is 0 Å². The van der Waals surface area contributed by atoms with Gasteiger partial charge in [-0.25, -0.2) is 4.79 Å². The van der Waals surface area contributed by atoms with Crippen molar-refractivity contribution in [2.24, 2.45) is 0 Å². The molecule has 0 radical (unpaired) electrons. The molecule has 1 amide bonds. The lowest BCUT2D eigenvalue weighted by atomic mass is 9.98. The van der Waals surface area contributed by atoms with E-state index in [4.69, 9.17) is 9.84 Å². The largest absolute Gasteiger partial charge is 0.496 e. The number of carboxylic acid groups (broad SMARTS) is 1. The lowest BCUT2D eigenvalue weighted by molar-refractivity contribution is -0.130. The topological polar surface area (TPSA) is 70.1 Å². The summed E-state index contributed by atoms with van der Waals surface area (Å²) in [5.41, 5.74) is 3.05. The minimum atomic E-state index is -0.951. The van der Waals surface area contributed by atoms with Crippen LogP contribution in [0.5, 0.6) is 5.75 Å². The summed E-state index contributed by atoms with van der Waals surface area (Å²) in [6, 6.07) is 12.7. The summed E-state index contributed by atoms with van der Waals surface area (Å²) in [7, 11) is 7.01. The Kier molecular flexibility index (Phi) is 6.58. The highest BCUT2D eigenvalue weighted by atomic mass is 16.5. The molecule has 0 heterocycles. The molecule has 0 fully saturated rings. The highest BCUT2D eigenvalue weighted by Gasteiger charge is 2.18. The molecular weight excluding hydrogens is 344 g/mol. The molecule has 0 aliphatic carbocycles. The van der Waals surface area contributed by atoms with Gasteiger partial charge in [-0.15, -0.1) is 0 Å². The third-order valence-electron chi connectivity index (χ3n) is 4.70. The average Bonchev–Trinajstić information content (AvgIpc) is 2.66. The number of nitrogens with zero attached hydrogens (tertiary/aromatic N) is 2. The molecule has 0 saturated heterocycles. The van der Waals surface area contributed by atoms with E-state index in [1.807, 2.05) is 37.1 Å². The van der Waals surface area contributed by atoms with Crippen LogP contribution in [0.25, 0.3) is 11.1 Å². The Balaban J connectivity index is 2.27. The van der Waals surface area contributed by atoms with Crippen molar-refractivity contribution in [2.45, 2.75) is 13.0 Å². The maximum atomic E-state index is 11.9. The Bertz CT molecular complexity index is 815. The average molecular weight is 370 g/mol. The number of benzene rings is 2. The molecule has 2 rings (SSSR count). The molecule has 0 bridgehead atoms. The number of aromatic carboxylic acids is 1. The second kappa shape index (κ2) is 8.68. The summed E-state index contributed by atoms with van der Waals surface area (Å²) in [6.45, 7) is 2.37. The lowest BCUT2D eigenvalue weighted by Gasteiger charge is -2.26. The Labute approximate surface area is 160 Å². The quantitative estimate of drug-likeness (QED) is 0.811. The lowest BCUT2D eigenvalue weighted by Crippen LogP contribution is -2.35. The van der Waals surface area contributed by atoms with Gasteiger partial charge in [0, 0.05) is 25.7 Å². The van der Waals surface area contributed by atoms with Gasteiger partial charge in [0.15, 0.2) is 0 Å². The molecule has 0 saturated carbocycles. The van der Waals surface area contributed by atoms with Crippen molar-refractivity contribution in [3.63, 3.8) is 0 Å². The maximum absolute atomic E-state index is 11.9. The number of methoxy groups -OCH3 is 1. The van der Waals surface area contributed by atoms with Crippen molar-refractivity contribution in [1.29, 1.82) is 0 Å². The van der Waals surface area contributed by atoms with Crippen LogP contribution in [-0.4, -0.2) is 61.6 Å². The summed E-state index contributed by atoms with van der Waals surface area (Å²) in [5.74, 6) is -0.200. The van der Waals surface area contributed by atoms with Gasteiger partial charge >= 0.3 is 5.97 Å². The van der Waals surface area contributed by atoms with Gasteiger partial charge in [0.1, 0.15) is 5.75 Å². The van der Waals surface area contributed by atoms with Gasteiger partial charge in [-0.05, 0) is 43.3 Å². The summed E-state index contributed by atoms with van der Waals surface area (Å²) in [4.78, 5) is 26.5. The number of carbonyl (C=O) groups excluding carboxylic acids is 1. The number of rotatable bonds is 7. The predicted octanol–water partition coefficient (Wildman–Crippen LogP) is 3.14. The van der Waals surface area contributed by atoms with E-state index in [1.54, 1.807) is 50.4 Å². The van der Waals surface area contributed by atoms with E-state index in [9.17, 15) is 9.59 Å². The molecule has 6 nitrogen and oxygen atoms in total. The van der Waals surface area contributed by atoms with Gasteiger partial charge < -0.3 is 14.7 Å². The van der Waals surface area contributed by atoms with Gasteiger partial charge in [-0.1, -0.05) is 24.3 Å². The molecule has 2 aromatic carbocycles. The first-order valence-corrected chi connectivity index (χ1v) is 8.66. The van der Waals surface area contributed by atoms with Crippen molar-refractivity contribution >= 4 is 11.9 Å². The van der Waals surface area contributed by atoms with Crippen molar-refractivity contribution in [3.8, 4) is 16.9 Å². The number of amides is 1. The van der Waals surface area contributed by atoms with E-state index in [2.05, 4.69) is 0 Å². The standard InChI is InChI=1S/C21H26N2O4/c1-14(23(4)13-20(24)22(2)3)17-10-11-18(19(12-17)27-5)15-6-8-16(9-7-15)21(25)26/h6-12,14H,13H2,1-5H3,(H,25,26). The van der Waals surface area contributed by atoms with Crippen LogP contribution in [0.1, 0.15) is 28.9 Å². The third kappa shape index (κ3) is 4.86. The smallest absolute Gasteiger partial charge is 0.335 e. The van der Waals surface area contributed by atoms with Crippen LogP contribution in [0, 0.1) is 0 Å². The normalized spacial score (nSPS) is 11.9. The highest BCUT2D eigenvalue weighted by Crippen LogP contribution is 2.33. The number of carboxylic acids is 1. The monoisotopic (exact) mass is 370 g/mol. The molecule has 0 aliphatic heterocycles. The Morgan fingerprint density at radius 3 is 2.22 bits per heavy atom. The fourth-order valence-electron chi connectivity index (χ4n) is 2.74.